The zero-order valence-corrected chi connectivity index (χ0v) is 17.9. The lowest BCUT2D eigenvalue weighted by Crippen LogP contribution is -2.30. The number of carbonyl (C=O) groups excluding carboxylic acids is 2. The largest absolute Gasteiger partial charge is 0.465 e. The van der Waals surface area contributed by atoms with Gasteiger partial charge in [0, 0.05) is 0 Å². The van der Waals surface area contributed by atoms with Crippen LogP contribution in [0.4, 0.5) is 0 Å². The first-order valence-electron chi connectivity index (χ1n) is 11.5. The monoisotopic (exact) mass is 382 g/mol. The lowest BCUT2D eigenvalue weighted by molar-refractivity contribution is -0.164. The standard InChI is InChI=1S/C23H42O4/c1-3-5-7-9-11-13-15-19-26-21(24)23(17-18-23)22(25)27-20-16-14-12-10-8-6-4-2/h3-20H2,1-2H3. The molecule has 0 radical (unpaired) electrons. The Morgan fingerprint density at radius 1 is 0.593 bits per heavy atom. The second-order valence-corrected chi connectivity index (χ2v) is 8.10. The van der Waals surface area contributed by atoms with Gasteiger partial charge in [-0.05, 0) is 25.7 Å². The second-order valence-electron chi connectivity index (χ2n) is 8.10. The number of hydrogen-bond donors (Lipinski definition) is 0. The highest BCUT2D eigenvalue weighted by Crippen LogP contribution is 2.48. The third kappa shape index (κ3) is 10.2. The topological polar surface area (TPSA) is 52.6 Å². The van der Waals surface area contributed by atoms with Gasteiger partial charge in [0.2, 0.25) is 0 Å². The minimum absolute atomic E-state index is 0.363. The Labute approximate surface area is 166 Å². The van der Waals surface area contributed by atoms with Gasteiger partial charge in [0.25, 0.3) is 0 Å². The molecule has 1 fully saturated rings. The molecule has 0 unspecified atom stereocenters. The van der Waals surface area contributed by atoms with E-state index in [1.165, 1.54) is 64.2 Å². The molecule has 1 aliphatic carbocycles. The Morgan fingerprint density at radius 3 is 1.26 bits per heavy atom. The van der Waals surface area contributed by atoms with Gasteiger partial charge in [-0.1, -0.05) is 90.9 Å². The van der Waals surface area contributed by atoms with Crippen molar-refractivity contribution in [2.75, 3.05) is 13.2 Å². The number of ether oxygens (including phenoxy) is 2. The number of rotatable bonds is 18. The van der Waals surface area contributed by atoms with Crippen molar-refractivity contribution < 1.29 is 19.1 Å². The molecular weight excluding hydrogens is 340 g/mol. The highest BCUT2D eigenvalue weighted by molar-refractivity contribution is 6.03. The molecule has 158 valence electrons. The highest BCUT2D eigenvalue weighted by Gasteiger charge is 2.59. The van der Waals surface area contributed by atoms with Gasteiger partial charge in [-0.2, -0.15) is 0 Å². The number of carbonyl (C=O) groups is 2. The molecule has 0 heterocycles. The summed E-state index contributed by atoms with van der Waals surface area (Å²) in [5.74, 6) is -0.726. The molecule has 0 aromatic heterocycles. The molecule has 1 rings (SSSR count). The number of unbranched alkanes of at least 4 members (excludes halogenated alkanes) is 12. The maximum Gasteiger partial charge on any atom is 0.323 e. The summed E-state index contributed by atoms with van der Waals surface area (Å²) in [6, 6.07) is 0. The van der Waals surface area contributed by atoms with E-state index in [1.807, 2.05) is 0 Å². The van der Waals surface area contributed by atoms with Crippen molar-refractivity contribution in [1.29, 1.82) is 0 Å². The molecule has 27 heavy (non-hydrogen) atoms. The third-order valence-electron chi connectivity index (χ3n) is 5.49. The number of esters is 2. The Kier molecular flexibility index (Phi) is 13.3. The summed E-state index contributed by atoms with van der Waals surface area (Å²) in [6.45, 7) is 5.29. The fraction of sp³-hybridized carbons (Fsp3) is 0.913. The molecule has 0 saturated heterocycles. The van der Waals surface area contributed by atoms with Crippen molar-refractivity contribution in [3.8, 4) is 0 Å². The molecule has 1 saturated carbocycles. The van der Waals surface area contributed by atoms with Crippen molar-refractivity contribution in [3.05, 3.63) is 0 Å². The normalized spacial score (nSPS) is 14.7. The lowest BCUT2D eigenvalue weighted by atomic mass is 10.1. The van der Waals surface area contributed by atoms with Crippen LogP contribution in [0.25, 0.3) is 0 Å². The van der Waals surface area contributed by atoms with Crippen LogP contribution in [0.2, 0.25) is 0 Å². The van der Waals surface area contributed by atoms with Crippen LogP contribution in [0, 0.1) is 5.41 Å². The molecule has 0 atom stereocenters. The molecule has 4 heteroatoms. The molecule has 0 amide bonds. The molecule has 0 spiro atoms. The maximum atomic E-state index is 12.3. The first-order chi connectivity index (χ1) is 13.2. The van der Waals surface area contributed by atoms with E-state index in [-0.39, 0.29) is 11.9 Å². The average Bonchev–Trinajstić information content (AvgIpc) is 3.48. The van der Waals surface area contributed by atoms with E-state index < -0.39 is 5.41 Å². The van der Waals surface area contributed by atoms with Gasteiger partial charge in [-0.15, -0.1) is 0 Å². The van der Waals surface area contributed by atoms with Gasteiger partial charge in [-0.3, -0.25) is 9.59 Å². The van der Waals surface area contributed by atoms with E-state index in [0.717, 1.165) is 25.7 Å². The van der Waals surface area contributed by atoms with Gasteiger partial charge in [-0.25, -0.2) is 0 Å². The first kappa shape index (κ1) is 24.0. The lowest BCUT2D eigenvalue weighted by Gasteiger charge is -2.14. The van der Waals surface area contributed by atoms with E-state index in [1.54, 1.807) is 0 Å². The Bertz CT molecular complexity index is 367. The predicted octanol–water partition coefficient (Wildman–Crippen LogP) is 6.35. The first-order valence-corrected chi connectivity index (χ1v) is 11.5. The van der Waals surface area contributed by atoms with Gasteiger partial charge < -0.3 is 9.47 Å². The Hall–Kier alpha value is -1.06. The van der Waals surface area contributed by atoms with Gasteiger partial charge in [0.1, 0.15) is 0 Å². The second kappa shape index (κ2) is 14.9. The minimum Gasteiger partial charge on any atom is -0.465 e. The smallest absolute Gasteiger partial charge is 0.323 e. The van der Waals surface area contributed by atoms with E-state index in [4.69, 9.17) is 9.47 Å². The quantitative estimate of drug-likeness (QED) is 0.157. The van der Waals surface area contributed by atoms with E-state index in [9.17, 15) is 9.59 Å². The fourth-order valence-electron chi connectivity index (χ4n) is 3.34. The average molecular weight is 383 g/mol. The molecule has 0 aromatic carbocycles. The van der Waals surface area contributed by atoms with Crippen LogP contribution >= 0.6 is 0 Å². The summed E-state index contributed by atoms with van der Waals surface area (Å²) in [5, 5.41) is 0. The molecule has 4 nitrogen and oxygen atoms in total. The van der Waals surface area contributed by atoms with E-state index in [2.05, 4.69) is 13.8 Å². The SMILES string of the molecule is CCCCCCCCCOC(=O)C1(C(=O)OCCCCCCCCC)CC1. The molecular formula is C23H42O4. The van der Waals surface area contributed by atoms with Crippen LogP contribution in [0.3, 0.4) is 0 Å². The van der Waals surface area contributed by atoms with Crippen molar-refractivity contribution in [2.24, 2.45) is 5.41 Å². The molecule has 0 aliphatic heterocycles. The van der Waals surface area contributed by atoms with Crippen molar-refractivity contribution in [1.82, 2.24) is 0 Å². The van der Waals surface area contributed by atoms with Crippen molar-refractivity contribution >= 4 is 11.9 Å². The summed E-state index contributed by atoms with van der Waals surface area (Å²) in [6.07, 6.45) is 17.8. The van der Waals surface area contributed by atoms with Gasteiger partial charge in [0.15, 0.2) is 5.41 Å². The third-order valence-corrected chi connectivity index (χ3v) is 5.49. The van der Waals surface area contributed by atoms with Crippen LogP contribution in [-0.2, 0) is 19.1 Å². The Balaban J connectivity index is 2.04. The van der Waals surface area contributed by atoms with Gasteiger partial charge in [0.05, 0.1) is 13.2 Å². The van der Waals surface area contributed by atoms with Crippen molar-refractivity contribution in [2.45, 2.75) is 117 Å². The summed E-state index contributed by atoms with van der Waals surface area (Å²) in [5.41, 5.74) is -0.970. The van der Waals surface area contributed by atoms with Crippen LogP contribution < -0.4 is 0 Å². The zero-order valence-electron chi connectivity index (χ0n) is 17.9. The summed E-state index contributed by atoms with van der Waals surface area (Å²) in [7, 11) is 0. The molecule has 0 N–H and O–H groups in total. The maximum absolute atomic E-state index is 12.3. The van der Waals surface area contributed by atoms with E-state index in [0.29, 0.717) is 26.1 Å². The molecule has 1 aliphatic rings. The minimum atomic E-state index is -0.970. The van der Waals surface area contributed by atoms with Crippen molar-refractivity contribution in [3.63, 3.8) is 0 Å². The zero-order chi connectivity index (χ0) is 19.8. The van der Waals surface area contributed by atoms with Gasteiger partial charge >= 0.3 is 11.9 Å². The number of hydrogen-bond acceptors (Lipinski definition) is 4. The predicted molar refractivity (Wildman–Crippen MR) is 110 cm³/mol. The molecule has 0 bridgehead atoms. The van der Waals surface area contributed by atoms with Crippen LogP contribution in [0.15, 0.2) is 0 Å². The summed E-state index contributed by atoms with van der Waals surface area (Å²) in [4.78, 5) is 24.5. The van der Waals surface area contributed by atoms with Crippen LogP contribution in [0.5, 0.6) is 0 Å². The fourth-order valence-corrected chi connectivity index (χ4v) is 3.34. The van der Waals surface area contributed by atoms with Crippen LogP contribution in [0.1, 0.15) is 117 Å². The highest BCUT2D eigenvalue weighted by atomic mass is 16.6. The van der Waals surface area contributed by atoms with Crippen LogP contribution in [-0.4, -0.2) is 25.2 Å². The summed E-state index contributed by atoms with van der Waals surface area (Å²) < 4.78 is 10.7. The Morgan fingerprint density at radius 2 is 0.926 bits per heavy atom. The summed E-state index contributed by atoms with van der Waals surface area (Å²) >= 11 is 0. The van der Waals surface area contributed by atoms with E-state index >= 15 is 0 Å². The molecule has 0 aromatic rings.